The van der Waals surface area contributed by atoms with Gasteiger partial charge in [0.1, 0.15) is 5.54 Å². The molecule has 0 aliphatic carbocycles. The minimum atomic E-state index is -1.07. The topological polar surface area (TPSA) is 76.1 Å². The highest BCUT2D eigenvalue weighted by atomic mass is 16.5. The van der Waals surface area contributed by atoms with Crippen molar-refractivity contribution in [3.63, 3.8) is 0 Å². The average Bonchev–Trinajstić information content (AvgIpc) is 3.49. The molecule has 6 nitrogen and oxygen atoms in total. The molecule has 0 radical (unpaired) electrons. The zero-order valence-electron chi connectivity index (χ0n) is 19.5. The van der Waals surface area contributed by atoms with Crippen molar-refractivity contribution in [2.24, 2.45) is 7.05 Å². The van der Waals surface area contributed by atoms with E-state index < -0.39 is 17.0 Å². The van der Waals surface area contributed by atoms with Crippen LogP contribution >= 0.6 is 0 Å². The maximum absolute atomic E-state index is 13.7. The molecule has 2 aliphatic heterocycles. The third-order valence-electron chi connectivity index (χ3n) is 7.91. The van der Waals surface area contributed by atoms with Crippen LogP contribution in [0.15, 0.2) is 66.9 Å². The summed E-state index contributed by atoms with van der Waals surface area (Å²) in [7, 11) is 3.46. The fraction of sp³-hybridized carbons (Fsp3) is 0.286. The van der Waals surface area contributed by atoms with E-state index in [-0.39, 0.29) is 18.2 Å². The van der Waals surface area contributed by atoms with Gasteiger partial charge in [-0.15, -0.1) is 0 Å². The van der Waals surface area contributed by atoms with Crippen molar-refractivity contribution in [1.82, 2.24) is 14.9 Å². The molecule has 0 fully saturated rings. The first-order valence-electron chi connectivity index (χ1n) is 11.6. The molecule has 0 saturated carbocycles. The number of para-hydroxylation sites is 1. The van der Waals surface area contributed by atoms with Crippen LogP contribution in [-0.2, 0) is 28.5 Å². The number of methoxy groups -OCH3 is 1. The number of esters is 1. The van der Waals surface area contributed by atoms with Crippen LogP contribution in [0, 0.1) is 0 Å². The molecule has 2 aromatic carbocycles. The van der Waals surface area contributed by atoms with E-state index in [0.29, 0.717) is 12.1 Å². The lowest BCUT2D eigenvalue weighted by atomic mass is 9.60. The summed E-state index contributed by atoms with van der Waals surface area (Å²) >= 11 is 0. The molecular weight excluding hydrogens is 426 g/mol. The number of hydrogen-bond donors (Lipinski definition) is 2. The molecule has 34 heavy (non-hydrogen) atoms. The summed E-state index contributed by atoms with van der Waals surface area (Å²) < 4.78 is 7.60. The standard InChI is InChI=1S/C28H27N3O3/c1-27-19-11-6-4-9-17(19)16-28(30-27,26(33)34-3)20(15-23(32)21-12-8-14-29-21)25-24(27)18-10-5-7-13-22(18)31(25)2/h4-14,20,29-30H,15-16H2,1-3H3/t20-,27-,28+/m1/s1. The minimum absolute atomic E-state index is 0.0289. The zero-order chi connectivity index (χ0) is 23.7. The third-order valence-corrected chi connectivity index (χ3v) is 7.91. The summed E-state index contributed by atoms with van der Waals surface area (Å²) in [4.78, 5) is 30.1. The fourth-order valence-corrected chi connectivity index (χ4v) is 6.53. The number of carbonyl (C=O) groups is 2. The van der Waals surface area contributed by atoms with Crippen LogP contribution in [-0.4, -0.2) is 34.0 Å². The summed E-state index contributed by atoms with van der Waals surface area (Å²) in [6, 6.07) is 20.2. The number of nitrogens with zero attached hydrogens (tertiary/aromatic N) is 1. The highest BCUT2D eigenvalue weighted by molar-refractivity contribution is 5.98. The van der Waals surface area contributed by atoms with Crippen LogP contribution in [0.5, 0.6) is 0 Å². The molecule has 4 heterocycles. The Morgan fingerprint density at radius 2 is 1.85 bits per heavy atom. The molecule has 6 heteroatoms. The van der Waals surface area contributed by atoms with Gasteiger partial charge in [-0.05, 0) is 36.2 Å². The number of aryl methyl sites for hydroxylation is 1. The monoisotopic (exact) mass is 453 g/mol. The summed E-state index contributed by atoms with van der Waals surface area (Å²) in [6.45, 7) is 2.15. The molecule has 0 unspecified atom stereocenters. The van der Waals surface area contributed by atoms with Crippen LogP contribution < -0.4 is 5.32 Å². The number of rotatable bonds is 4. The van der Waals surface area contributed by atoms with Crippen molar-refractivity contribution in [1.29, 1.82) is 0 Å². The Morgan fingerprint density at radius 3 is 2.62 bits per heavy atom. The van der Waals surface area contributed by atoms with Crippen molar-refractivity contribution < 1.29 is 14.3 Å². The van der Waals surface area contributed by atoms with Gasteiger partial charge in [0.2, 0.25) is 0 Å². The minimum Gasteiger partial charge on any atom is -0.468 e. The van der Waals surface area contributed by atoms with Crippen LogP contribution in [0.3, 0.4) is 0 Å². The Balaban J connectivity index is 1.69. The van der Waals surface area contributed by atoms with Gasteiger partial charge in [-0.3, -0.25) is 14.9 Å². The predicted molar refractivity (Wildman–Crippen MR) is 130 cm³/mol. The summed E-state index contributed by atoms with van der Waals surface area (Å²) in [6.07, 6.45) is 2.38. The van der Waals surface area contributed by atoms with E-state index in [1.165, 1.54) is 7.11 Å². The molecule has 2 N–H and O–H groups in total. The SMILES string of the molecule is COC(=O)[C@@]12Cc3ccccc3[C@@](C)(N1)c1c(n(C)c3ccccc13)[C@H]2CC(=O)c1ccc[nH]1. The molecule has 2 bridgehead atoms. The highest BCUT2D eigenvalue weighted by Crippen LogP contribution is 2.55. The lowest BCUT2D eigenvalue weighted by molar-refractivity contribution is -0.152. The van der Waals surface area contributed by atoms with E-state index in [4.69, 9.17) is 4.74 Å². The quantitative estimate of drug-likeness (QED) is 0.359. The number of hydrogen-bond acceptors (Lipinski definition) is 4. The second-order valence-electron chi connectivity index (χ2n) is 9.65. The molecule has 6 rings (SSSR count). The first kappa shape index (κ1) is 20.9. The number of H-pyrrole nitrogens is 1. The number of Topliss-reactive ketones (excluding diaryl/α,β-unsaturated/α-hetero) is 1. The van der Waals surface area contributed by atoms with Crippen molar-refractivity contribution in [3.05, 3.63) is 94.9 Å². The van der Waals surface area contributed by atoms with Gasteiger partial charge in [0.15, 0.2) is 5.78 Å². The first-order chi connectivity index (χ1) is 16.4. The molecule has 2 aliphatic rings. The molecule has 0 spiro atoms. The second-order valence-corrected chi connectivity index (χ2v) is 9.65. The average molecular weight is 454 g/mol. The van der Waals surface area contributed by atoms with Crippen molar-refractivity contribution in [2.75, 3.05) is 7.11 Å². The van der Waals surface area contributed by atoms with Crippen molar-refractivity contribution in [3.8, 4) is 0 Å². The maximum Gasteiger partial charge on any atom is 0.327 e. The molecule has 0 amide bonds. The lowest BCUT2D eigenvalue weighted by Gasteiger charge is -2.55. The molecule has 4 aromatic rings. The Bertz CT molecular complexity index is 1450. The van der Waals surface area contributed by atoms with Crippen LogP contribution in [0.4, 0.5) is 0 Å². The molecule has 0 saturated heterocycles. The molecular formula is C28H27N3O3. The van der Waals surface area contributed by atoms with Gasteiger partial charge >= 0.3 is 5.97 Å². The number of nitrogens with one attached hydrogen (secondary N) is 2. The normalized spacial score (nSPS) is 25.0. The number of ketones is 1. The number of carbonyl (C=O) groups excluding carboxylic acids is 2. The zero-order valence-corrected chi connectivity index (χ0v) is 19.5. The van der Waals surface area contributed by atoms with E-state index in [0.717, 1.165) is 33.3 Å². The van der Waals surface area contributed by atoms with E-state index in [9.17, 15) is 9.59 Å². The van der Waals surface area contributed by atoms with Crippen molar-refractivity contribution in [2.45, 2.75) is 36.8 Å². The van der Waals surface area contributed by atoms with Gasteiger partial charge in [-0.25, -0.2) is 0 Å². The van der Waals surface area contributed by atoms with Crippen LogP contribution in [0.1, 0.15) is 52.1 Å². The third kappa shape index (κ3) is 2.60. The Labute approximate surface area is 197 Å². The van der Waals surface area contributed by atoms with E-state index >= 15 is 0 Å². The summed E-state index contributed by atoms with van der Waals surface area (Å²) in [5, 5.41) is 4.89. The number of fused-ring (bicyclic) bond motifs is 8. The van der Waals surface area contributed by atoms with E-state index in [1.807, 2.05) is 37.4 Å². The van der Waals surface area contributed by atoms with E-state index in [1.54, 1.807) is 12.3 Å². The van der Waals surface area contributed by atoms with Gasteiger partial charge in [-0.2, -0.15) is 0 Å². The van der Waals surface area contributed by atoms with Gasteiger partial charge < -0.3 is 14.3 Å². The number of benzene rings is 2. The van der Waals surface area contributed by atoms with E-state index in [2.05, 4.69) is 46.1 Å². The fourth-order valence-electron chi connectivity index (χ4n) is 6.53. The van der Waals surface area contributed by atoms with Gasteiger partial charge in [-0.1, -0.05) is 42.5 Å². The summed E-state index contributed by atoms with van der Waals surface area (Å²) in [5.74, 6) is -0.781. The summed E-state index contributed by atoms with van der Waals surface area (Å²) in [5.41, 5.74) is 4.33. The van der Waals surface area contributed by atoms with Crippen LogP contribution in [0.25, 0.3) is 10.9 Å². The lowest BCUT2D eigenvalue weighted by Crippen LogP contribution is -2.70. The molecule has 172 valence electrons. The smallest absolute Gasteiger partial charge is 0.327 e. The van der Waals surface area contributed by atoms with Gasteiger partial charge in [0.05, 0.1) is 18.3 Å². The maximum atomic E-state index is 13.7. The second kappa shape index (κ2) is 7.18. The highest BCUT2D eigenvalue weighted by Gasteiger charge is 2.61. The Hall–Kier alpha value is -3.64. The number of aromatic amines is 1. The largest absolute Gasteiger partial charge is 0.468 e. The Morgan fingerprint density at radius 1 is 1.09 bits per heavy atom. The molecule has 3 atom stereocenters. The van der Waals surface area contributed by atoms with Gasteiger partial charge in [0, 0.05) is 54.2 Å². The van der Waals surface area contributed by atoms with Crippen LogP contribution in [0.2, 0.25) is 0 Å². The number of aromatic nitrogens is 2. The Kier molecular flexibility index (Phi) is 4.42. The number of ether oxygens (including phenoxy) is 1. The molecule has 2 aromatic heterocycles. The predicted octanol–water partition coefficient (Wildman–Crippen LogP) is 4.20. The van der Waals surface area contributed by atoms with Gasteiger partial charge in [0.25, 0.3) is 0 Å². The van der Waals surface area contributed by atoms with Crippen molar-refractivity contribution >= 4 is 22.7 Å². The first-order valence-corrected chi connectivity index (χ1v) is 11.6.